The van der Waals surface area contributed by atoms with Gasteiger partial charge in [0.1, 0.15) is 11.4 Å². The number of hydrogen-bond donors (Lipinski definition) is 2. The van der Waals surface area contributed by atoms with Gasteiger partial charge in [0.05, 0.1) is 11.0 Å². The van der Waals surface area contributed by atoms with Crippen LogP contribution in [0.1, 0.15) is 18.7 Å². The highest BCUT2D eigenvalue weighted by molar-refractivity contribution is 7.99. The van der Waals surface area contributed by atoms with Gasteiger partial charge in [-0.1, -0.05) is 12.1 Å². The van der Waals surface area contributed by atoms with Crippen molar-refractivity contribution in [3.8, 4) is 0 Å². The molecule has 2 aromatic rings. The van der Waals surface area contributed by atoms with E-state index in [0.29, 0.717) is 25.9 Å². The van der Waals surface area contributed by atoms with E-state index in [1.807, 2.05) is 31.2 Å². The largest absolute Gasteiger partial charge is 0.380 e. The van der Waals surface area contributed by atoms with Crippen LogP contribution in [0.25, 0.3) is 11.0 Å². The van der Waals surface area contributed by atoms with E-state index in [-0.39, 0.29) is 5.91 Å². The number of para-hydroxylation sites is 2. The molecule has 0 bridgehead atoms. The zero-order chi connectivity index (χ0) is 15.6. The normalized spacial score (nSPS) is 17.5. The van der Waals surface area contributed by atoms with E-state index in [4.69, 9.17) is 0 Å². The number of carbonyl (C=O) groups excluding carboxylic acids is 1. The Hall–Kier alpha value is -1.53. The molecule has 22 heavy (non-hydrogen) atoms. The number of aryl methyl sites for hydroxylation is 1. The summed E-state index contributed by atoms with van der Waals surface area (Å²) >= 11 is 1.79. The number of nitrogens with zero attached hydrogens (tertiary/aromatic N) is 2. The topological polar surface area (TPSA) is 67.2 Å². The molecule has 118 valence electrons. The zero-order valence-electron chi connectivity index (χ0n) is 12.7. The minimum Gasteiger partial charge on any atom is -0.380 e. The Kier molecular flexibility index (Phi) is 4.40. The minimum atomic E-state index is -1.18. The van der Waals surface area contributed by atoms with Gasteiger partial charge < -0.3 is 15.0 Å². The summed E-state index contributed by atoms with van der Waals surface area (Å²) in [4.78, 5) is 16.7. The van der Waals surface area contributed by atoms with Gasteiger partial charge in [-0.05, 0) is 43.4 Å². The Bertz CT molecular complexity index is 677. The smallest absolute Gasteiger partial charge is 0.252 e. The number of carbonyl (C=O) groups is 1. The van der Waals surface area contributed by atoms with E-state index >= 15 is 0 Å². The molecule has 0 aliphatic carbocycles. The quantitative estimate of drug-likeness (QED) is 0.900. The molecule has 0 spiro atoms. The van der Waals surface area contributed by atoms with Gasteiger partial charge in [0.15, 0.2) is 0 Å². The van der Waals surface area contributed by atoms with Crippen LogP contribution >= 0.6 is 11.8 Å². The standard InChI is InChI=1S/C16H21N3O2S/c1-12-18-13-4-2-3-5-14(13)19(12)9-8-17-15(20)16(21)6-10-22-11-7-16/h2-5,21H,6-11H2,1H3,(H,17,20). The van der Waals surface area contributed by atoms with E-state index in [2.05, 4.69) is 14.9 Å². The summed E-state index contributed by atoms with van der Waals surface area (Å²) in [6.45, 7) is 3.12. The molecule has 1 aliphatic heterocycles. The molecule has 0 atom stereocenters. The number of thioether (sulfide) groups is 1. The van der Waals surface area contributed by atoms with Gasteiger partial charge in [0, 0.05) is 13.1 Å². The fourth-order valence-corrected chi connectivity index (χ4v) is 4.03. The summed E-state index contributed by atoms with van der Waals surface area (Å²) in [7, 11) is 0. The van der Waals surface area contributed by atoms with Crippen molar-refractivity contribution in [1.29, 1.82) is 0 Å². The van der Waals surface area contributed by atoms with Crippen molar-refractivity contribution >= 4 is 28.7 Å². The third-order valence-electron chi connectivity index (χ3n) is 4.21. The third-order valence-corrected chi connectivity index (χ3v) is 5.19. The lowest BCUT2D eigenvalue weighted by Crippen LogP contribution is -2.49. The number of hydrogen-bond acceptors (Lipinski definition) is 4. The Balaban J connectivity index is 1.62. The Morgan fingerprint density at radius 2 is 2.14 bits per heavy atom. The maximum Gasteiger partial charge on any atom is 0.252 e. The van der Waals surface area contributed by atoms with E-state index in [9.17, 15) is 9.90 Å². The highest BCUT2D eigenvalue weighted by Gasteiger charge is 2.36. The molecule has 3 rings (SSSR count). The van der Waals surface area contributed by atoms with Crippen molar-refractivity contribution in [2.24, 2.45) is 0 Å². The van der Waals surface area contributed by atoms with Crippen molar-refractivity contribution in [2.75, 3.05) is 18.1 Å². The molecule has 1 aromatic carbocycles. The lowest BCUT2D eigenvalue weighted by atomic mass is 9.96. The molecular formula is C16H21N3O2S. The van der Waals surface area contributed by atoms with Gasteiger partial charge in [-0.3, -0.25) is 4.79 Å². The van der Waals surface area contributed by atoms with Crippen molar-refractivity contribution < 1.29 is 9.90 Å². The van der Waals surface area contributed by atoms with E-state index in [1.54, 1.807) is 11.8 Å². The Morgan fingerprint density at radius 1 is 1.41 bits per heavy atom. The summed E-state index contributed by atoms with van der Waals surface area (Å²) in [5.41, 5.74) is 0.855. The highest BCUT2D eigenvalue weighted by atomic mass is 32.2. The molecule has 1 aromatic heterocycles. The summed E-state index contributed by atoms with van der Waals surface area (Å²) in [5.74, 6) is 2.38. The predicted octanol–water partition coefficient (Wildman–Crippen LogP) is 1.72. The number of amides is 1. The van der Waals surface area contributed by atoms with Gasteiger partial charge in [-0.25, -0.2) is 4.98 Å². The van der Waals surface area contributed by atoms with Gasteiger partial charge in [0.25, 0.3) is 5.91 Å². The van der Waals surface area contributed by atoms with Crippen LogP contribution in [0.3, 0.4) is 0 Å². The van der Waals surface area contributed by atoms with Crippen LogP contribution in [0.5, 0.6) is 0 Å². The molecule has 0 saturated carbocycles. The van der Waals surface area contributed by atoms with Gasteiger partial charge in [0.2, 0.25) is 0 Å². The second-order valence-electron chi connectivity index (χ2n) is 5.70. The fourth-order valence-electron chi connectivity index (χ4n) is 2.86. The van der Waals surface area contributed by atoms with Crippen LogP contribution < -0.4 is 5.32 Å². The van der Waals surface area contributed by atoms with Crippen LogP contribution in [-0.2, 0) is 11.3 Å². The van der Waals surface area contributed by atoms with E-state index in [0.717, 1.165) is 28.4 Å². The maximum atomic E-state index is 12.2. The van der Waals surface area contributed by atoms with Crippen molar-refractivity contribution in [3.63, 3.8) is 0 Å². The predicted molar refractivity (Wildman–Crippen MR) is 89.0 cm³/mol. The van der Waals surface area contributed by atoms with Crippen LogP contribution in [0, 0.1) is 6.92 Å². The SMILES string of the molecule is Cc1nc2ccccc2n1CCNC(=O)C1(O)CCSCC1. The summed E-state index contributed by atoms with van der Waals surface area (Å²) in [5, 5.41) is 13.3. The number of rotatable bonds is 4. The van der Waals surface area contributed by atoms with E-state index < -0.39 is 5.60 Å². The first-order chi connectivity index (χ1) is 10.6. The average molecular weight is 319 g/mol. The van der Waals surface area contributed by atoms with Crippen LogP contribution in [0.15, 0.2) is 24.3 Å². The second-order valence-corrected chi connectivity index (χ2v) is 6.92. The molecule has 2 N–H and O–H groups in total. The van der Waals surface area contributed by atoms with Crippen molar-refractivity contribution in [1.82, 2.24) is 14.9 Å². The fraction of sp³-hybridized carbons (Fsp3) is 0.500. The Labute approximate surface area is 134 Å². The van der Waals surface area contributed by atoms with Crippen LogP contribution in [-0.4, -0.2) is 44.2 Å². The molecule has 1 aliphatic rings. The molecule has 2 heterocycles. The maximum absolute atomic E-state index is 12.2. The van der Waals surface area contributed by atoms with Crippen LogP contribution in [0.4, 0.5) is 0 Å². The van der Waals surface area contributed by atoms with Crippen molar-refractivity contribution in [3.05, 3.63) is 30.1 Å². The van der Waals surface area contributed by atoms with Gasteiger partial charge in [-0.2, -0.15) is 11.8 Å². The number of imidazole rings is 1. The third kappa shape index (κ3) is 2.98. The first-order valence-corrected chi connectivity index (χ1v) is 8.76. The molecule has 0 unspecified atom stereocenters. The monoisotopic (exact) mass is 319 g/mol. The van der Waals surface area contributed by atoms with E-state index in [1.165, 1.54) is 0 Å². The van der Waals surface area contributed by atoms with Gasteiger partial charge >= 0.3 is 0 Å². The van der Waals surface area contributed by atoms with Gasteiger partial charge in [-0.15, -0.1) is 0 Å². The number of aliphatic hydroxyl groups is 1. The number of fused-ring (bicyclic) bond motifs is 1. The molecule has 1 saturated heterocycles. The molecule has 1 amide bonds. The lowest BCUT2D eigenvalue weighted by Gasteiger charge is -2.30. The first kappa shape index (κ1) is 15.4. The number of aromatic nitrogens is 2. The van der Waals surface area contributed by atoms with Crippen molar-refractivity contribution in [2.45, 2.75) is 31.9 Å². The summed E-state index contributed by atoms with van der Waals surface area (Å²) in [6.07, 6.45) is 1.08. The molecular weight excluding hydrogens is 298 g/mol. The van der Waals surface area contributed by atoms with Crippen LogP contribution in [0.2, 0.25) is 0 Å². The minimum absolute atomic E-state index is 0.241. The average Bonchev–Trinajstić information content (AvgIpc) is 2.84. The molecule has 1 fully saturated rings. The summed E-state index contributed by atoms with van der Waals surface area (Å²) < 4.78 is 2.09. The zero-order valence-corrected chi connectivity index (χ0v) is 13.5. The second kappa shape index (κ2) is 6.30. The first-order valence-electron chi connectivity index (χ1n) is 7.60. The molecule has 6 heteroatoms. The molecule has 5 nitrogen and oxygen atoms in total. The summed E-state index contributed by atoms with van der Waals surface area (Å²) in [6, 6.07) is 7.97. The highest BCUT2D eigenvalue weighted by Crippen LogP contribution is 2.26. The lowest BCUT2D eigenvalue weighted by molar-refractivity contribution is -0.140. The number of nitrogens with one attached hydrogen (secondary N) is 1. The Morgan fingerprint density at radius 3 is 2.91 bits per heavy atom. The molecule has 0 radical (unpaired) electrons. The number of benzene rings is 1.